The number of benzene rings is 1. The third kappa shape index (κ3) is 3.51. The Morgan fingerprint density at radius 2 is 2.00 bits per heavy atom. The summed E-state index contributed by atoms with van der Waals surface area (Å²) in [5.74, 6) is 0.652. The first kappa shape index (κ1) is 12.0. The number of thiocyanates is 2. The Hall–Kier alpha value is -1.10. The van der Waals surface area contributed by atoms with E-state index in [0.29, 0.717) is 5.75 Å². The highest BCUT2D eigenvalue weighted by Gasteiger charge is 2.14. The van der Waals surface area contributed by atoms with Gasteiger partial charge in [0, 0.05) is 5.75 Å². The van der Waals surface area contributed by atoms with Gasteiger partial charge in [0.25, 0.3) is 0 Å². The van der Waals surface area contributed by atoms with Gasteiger partial charge >= 0.3 is 0 Å². The lowest BCUT2D eigenvalue weighted by atomic mass is 10.1. The first-order valence-electron chi connectivity index (χ1n) is 4.40. The van der Waals surface area contributed by atoms with Crippen LogP contribution in [0.2, 0.25) is 0 Å². The SMILES string of the molecule is Cc1ccccc1C(CSC#N)SC#N. The molecule has 1 rings (SSSR count). The largest absolute Gasteiger partial charge is 0.185 e. The van der Waals surface area contributed by atoms with Gasteiger partial charge in [-0.25, -0.2) is 0 Å². The molecule has 0 saturated heterocycles. The van der Waals surface area contributed by atoms with Gasteiger partial charge in [0.1, 0.15) is 10.8 Å². The van der Waals surface area contributed by atoms with Crippen molar-refractivity contribution in [3.63, 3.8) is 0 Å². The van der Waals surface area contributed by atoms with Gasteiger partial charge in [-0.05, 0) is 41.6 Å². The second-order valence-corrected chi connectivity index (χ2v) is 4.75. The predicted octanol–water partition coefficient (Wildman–Crippen LogP) is 3.46. The summed E-state index contributed by atoms with van der Waals surface area (Å²) in [6.45, 7) is 2.03. The molecule has 1 aromatic carbocycles. The molecule has 4 heteroatoms. The minimum Gasteiger partial charge on any atom is -0.185 e. The van der Waals surface area contributed by atoms with E-state index in [0.717, 1.165) is 5.56 Å². The van der Waals surface area contributed by atoms with Gasteiger partial charge in [-0.2, -0.15) is 10.5 Å². The fourth-order valence-corrected chi connectivity index (χ4v) is 2.71. The lowest BCUT2D eigenvalue weighted by Crippen LogP contribution is -1.98. The number of aryl methyl sites for hydroxylation is 1. The number of nitriles is 2. The number of thioether (sulfide) groups is 2. The summed E-state index contributed by atoms with van der Waals surface area (Å²) in [6, 6.07) is 7.98. The summed E-state index contributed by atoms with van der Waals surface area (Å²) in [7, 11) is 0. The number of nitrogens with zero attached hydrogens (tertiary/aromatic N) is 2. The molecule has 0 spiro atoms. The van der Waals surface area contributed by atoms with Crippen LogP contribution in [0, 0.1) is 28.3 Å². The van der Waals surface area contributed by atoms with Crippen molar-refractivity contribution >= 4 is 23.5 Å². The third-order valence-corrected chi connectivity index (χ3v) is 3.68. The Kier molecular flexibility index (Phi) is 5.10. The lowest BCUT2D eigenvalue weighted by Gasteiger charge is -2.13. The maximum Gasteiger partial charge on any atom is 0.134 e. The summed E-state index contributed by atoms with van der Waals surface area (Å²) in [5, 5.41) is 21.4. The lowest BCUT2D eigenvalue weighted by molar-refractivity contribution is 1.10. The summed E-state index contributed by atoms with van der Waals surface area (Å²) < 4.78 is 0. The Morgan fingerprint density at radius 3 is 2.60 bits per heavy atom. The van der Waals surface area contributed by atoms with Crippen LogP contribution in [-0.2, 0) is 0 Å². The summed E-state index contributed by atoms with van der Waals surface area (Å²) >= 11 is 2.41. The van der Waals surface area contributed by atoms with Crippen LogP contribution >= 0.6 is 23.5 Å². The van der Waals surface area contributed by atoms with Gasteiger partial charge in [-0.1, -0.05) is 24.3 Å². The standard InChI is InChI=1S/C11H10N2S2/c1-9-4-2-3-5-10(9)11(15-8-13)6-14-7-12/h2-5,11H,6H2,1H3. The molecule has 1 atom stereocenters. The predicted molar refractivity (Wildman–Crippen MR) is 65.2 cm³/mol. The van der Waals surface area contributed by atoms with Gasteiger partial charge in [0.05, 0.1) is 5.25 Å². The molecular weight excluding hydrogens is 224 g/mol. The van der Waals surface area contributed by atoms with Crippen molar-refractivity contribution in [2.75, 3.05) is 5.75 Å². The zero-order valence-corrected chi connectivity index (χ0v) is 9.94. The molecule has 1 aromatic rings. The topological polar surface area (TPSA) is 47.6 Å². The van der Waals surface area contributed by atoms with E-state index in [1.807, 2.05) is 36.6 Å². The van der Waals surface area contributed by atoms with E-state index in [4.69, 9.17) is 10.5 Å². The van der Waals surface area contributed by atoms with Crippen LogP contribution in [0.3, 0.4) is 0 Å². The Morgan fingerprint density at radius 1 is 1.27 bits per heavy atom. The highest BCUT2D eigenvalue weighted by atomic mass is 32.2. The Labute approximate surface area is 98.3 Å². The fourth-order valence-electron chi connectivity index (χ4n) is 1.31. The molecule has 76 valence electrons. The minimum absolute atomic E-state index is 0.0841. The highest BCUT2D eigenvalue weighted by Crippen LogP contribution is 2.32. The monoisotopic (exact) mass is 234 g/mol. The number of hydrogen-bond donors (Lipinski definition) is 0. The Balaban J connectivity index is 2.85. The van der Waals surface area contributed by atoms with Crippen molar-refractivity contribution in [1.82, 2.24) is 0 Å². The second kappa shape index (κ2) is 6.40. The van der Waals surface area contributed by atoms with Gasteiger partial charge in [0.2, 0.25) is 0 Å². The highest BCUT2D eigenvalue weighted by molar-refractivity contribution is 8.07. The quantitative estimate of drug-likeness (QED) is 0.748. The van der Waals surface area contributed by atoms with E-state index in [9.17, 15) is 0 Å². The normalized spacial score (nSPS) is 11.4. The van der Waals surface area contributed by atoms with E-state index in [1.54, 1.807) is 0 Å². The first-order chi connectivity index (χ1) is 7.29. The molecule has 0 aliphatic heterocycles. The van der Waals surface area contributed by atoms with E-state index in [1.165, 1.54) is 29.1 Å². The van der Waals surface area contributed by atoms with Crippen molar-refractivity contribution < 1.29 is 0 Å². The molecule has 0 radical (unpaired) electrons. The first-order valence-corrected chi connectivity index (χ1v) is 6.27. The van der Waals surface area contributed by atoms with Crippen molar-refractivity contribution in [2.24, 2.45) is 0 Å². The summed E-state index contributed by atoms with van der Waals surface area (Å²) in [5.41, 5.74) is 2.32. The van der Waals surface area contributed by atoms with Gasteiger partial charge in [-0.3, -0.25) is 0 Å². The summed E-state index contributed by atoms with van der Waals surface area (Å²) in [6.07, 6.45) is 0. The van der Waals surface area contributed by atoms with E-state index >= 15 is 0 Å². The van der Waals surface area contributed by atoms with E-state index in [2.05, 4.69) is 5.40 Å². The van der Waals surface area contributed by atoms with Crippen LogP contribution < -0.4 is 0 Å². The molecule has 1 unspecified atom stereocenters. The maximum atomic E-state index is 8.71. The van der Waals surface area contributed by atoms with Crippen LogP contribution in [0.25, 0.3) is 0 Å². The zero-order valence-electron chi connectivity index (χ0n) is 8.30. The van der Waals surface area contributed by atoms with Gasteiger partial charge in [-0.15, -0.1) is 0 Å². The third-order valence-electron chi connectivity index (χ3n) is 2.03. The van der Waals surface area contributed by atoms with Crippen molar-refractivity contribution in [3.05, 3.63) is 35.4 Å². The number of rotatable bonds is 4. The second-order valence-electron chi connectivity index (χ2n) is 2.96. The molecule has 0 bridgehead atoms. The molecule has 0 aliphatic rings. The summed E-state index contributed by atoms with van der Waals surface area (Å²) in [4.78, 5) is 0. The maximum absolute atomic E-state index is 8.71. The Bertz CT molecular complexity index is 404. The van der Waals surface area contributed by atoms with Crippen LogP contribution in [0.15, 0.2) is 24.3 Å². The molecule has 0 saturated carbocycles. The van der Waals surface area contributed by atoms with Gasteiger partial charge < -0.3 is 0 Å². The smallest absolute Gasteiger partial charge is 0.134 e. The average Bonchev–Trinajstić information content (AvgIpc) is 2.25. The van der Waals surface area contributed by atoms with Crippen molar-refractivity contribution in [1.29, 1.82) is 10.5 Å². The molecule has 0 aliphatic carbocycles. The zero-order chi connectivity index (χ0) is 11.1. The van der Waals surface area contributed by atoms with E-state index < -0.39 is 0 Å². The number of hydrogen-bond acceptors (Lipinski definition) is 4. The fraction of sp³-hybridized carbons (Fsp3) is 0.273. The van der Waals surface area contributed by atoms with Crippen molar-refractivity contribution in [2.45, 2.75) is 12.2 Å². The average molecular weight is 234 g/mol. The van der Waals surface area contributed by atoms with Crippen LogP contribution in [0.5, 0.6) is 0 Å². The molecule has 2 nitrogen and oxygen atoms in total. The van der Waals surface area contributed by atoms with E-state index in [-0.39, 0.29) is 5.25 Å². The van der Waals surface area contributed by atoms with Crippen molar-refractivity contribution in [3.8, 4) is 10.8 Å². The molecule has 15 heavy (non-hydrogen) atoms. The molecule has 0 N–H and O–H groups in total. The molecule has 0 amide bonds. The molecule has 0 aromatic heterocycles. The molecular formula is C11H10N2S2. The van der Waals surface area contributed by atoms with Crippen LogP contribution in [0.1, 0.15) is 16.4 Å². The van der Waals surface area contributed by atoms with Gasteiger partial charge in [0.15, 0.2) is 0 Å². The molecule has 0 heterocycles. The van der Waals surface area contributed by atoms with Crippen LogP contribution in [-0.4, -0.2) is 5.75 Å². The van der Waals surface area contributed by atoms with Crippen LogP contribution in [0.4, 0.5) is 0 Å². The molecule has 0 fully saturated rings. The minimum atomic E-state index is 0.0841.